The van der Waals surface area contributed by atoms with Gasteiger partial charge in [0.25, 0.3) is 0 Å². The summed E-state index contributed by atoms with van der Waals surface area (Å²) in [5.41, 5.74) is 0.985. The fourth-order valence-electron chi connectivity index (χ4n) is 1.37. The van der Waals surface area contributed by atoms with Gasteiger partial charge < -0.3 is 5.11 Å². The Morgan fingerprint density at radius 3 is 3.00 bits per heavy atom. The van der Waals surface area contributed by atoms with E-state index in [0.717, 1.165) is 10.2 Å². The number of nitrogens with zero attached hydrogens (tertiary/aromatic N) is 2. The summed E-state index contributed by atoms with van der Waals surface area (Å²) in [6.45, 7) is 0. The summed E-state index contributed by atoms with van der Waals surface area (Å²) in [7, 11) is 0. The lowest BCUT2D eigenvalue weighted by molar-refractivity contribution is -0.136. The first-order valence-electron chi connectivity index (χ1n) is 4.62. The number of aryl methyl sites for hydroxylation is 1. The van der Waals surface area contributed by atoms with Gasteiger partial charge in [0.15, 0.2) is 0 Å². The van der Waals surface area contributed by atoms with Crippen LogP contribution in [0.1, 0.15) is 30.9 Å². The molecular formula is C9H11BrN2O2. The molecule has 0 atom stereocenters. The molecule has 4 nitrogen and oxygen atoms in total. The monoisotopic (exact) mass is 258 g/mol. The Hall–Kier alpha value is -0.840. The van der Waals surface area contributed by atoms with Gasteiger partial charge in [0.2, 0.25) is 0 Å². The highest BCUT2D eigenvalue weighted by Gasteiger charge is 2.27. The lowest BCUT2D eigenvalue weighted by Crippen LogP contribution is -1.99. The fraction of sp³-hybridized carbons (Fsp3) is 0.556. The summed E-state index contributed by atoms with van der Waals surface area (Å²) in [5, 5.41) is 12.8. The number of carboxylic acids is 1. The van der Waals surface area contributed by atoms with E-state index in [1.165, 1.54) is 12.8 Å². The van der Waals surface area contributed by atoms with E-state index < -0.39 is 5.97 Å². The van der Waals surface area contributed by atoms with E-state index in [0.29, 0.717) is 12.5 Å². The van der Waals surface area contributed by atoms with E-state index in [9.17, 15) is 4.79 Å². The molecule has 1 heterocycles. The van der Waals surface area contributed by atoms with Crippen molar-refractivity contribution in [3.63, 3.8) is 0 Å². The Morgan fingerprint density at radius 1 is 1.71 bits per heavy atom. The minimum Gasteiger partial charge on any atom is -0.481 e. The van der Waals surface area contributed by atoms with Crippen LogP contribution in [0.25, 0.3) is 0 Å². The number of carbonyl (C=O) groups is 1. The van der Waals surface area contributed by atoms with E-state index in [1.54, 1.807) is 6.20 Å². The first-order chi connectivity index (χ1) is 6.68. The smallest absolute Gasteiger partial charge is 0.303 e. The van der Waals surface area contributed by atoms with Crippen LogP contribution in [-0.4, -0.2) is 20.9 Å². The van der Waals surface area contributed by atoms with Crippen molar-refractivity contribution in [1.82, 2.24) is 9.78 Å². The maximum Gasteiger partial charge on any atom is 0.303 e. The van der Waals surface area contributed by atoms with Crippen LogP contribution in [0.4, 0.5) is 0 Å². The lowest BCUT2D eigenvalue weighted by Gasteiger charge is -2.00. The second kappa shape index (κ2) is 3.73. The molecule has 1 fully saturated rings. The zero-order valence-corrected chi connectivity index (χ0v) is 9.20. The number of hydrogen-bond acceptors (Lipinski definition) is 2. The number of aliphatic carboxylic acids is 1. The first kappa shape index (κ1) is 9.71. The number of carboxylic acid groups (broad SMARTS) is 1. The molecule has 0 bridgehead atoms. The van der Waals surface area contributed by atoms with Crippen molar-refractivity contribution in [3.05, 3.63) is 16.4 Å². The molecule has 1 saturated carbocycles. The molecular weight excluding hydrogens is 248 g/mol. The van der Waals surface area contributed by atoms with Crippen LogP contribution >= 0.6 is 15.9 Å². The molecule has 1 aromatic heterocycles. The van der Waals surface area contributed by atoms with Crippen LogP contribution in [0, 0.1) is 0 Å². The van der Waals surface area contributed by atoms with Crippen LogP contribution in [0.15, 0.2) is 10.8 Å². The molecule has 2 rings (SSSR count). The summed E-state index contributed by atoms with van der Waals surface area (Å²) < 4.78 is 2.89. The highest BCUT2D eigenvalue weighted by atomic mass is 79.9. The second-order valence-corrected chi connectivity index (χ2v) is 4.28. The number of rotatable bonds is 4. The number of aromatic nitrogens is 2. The van der Waals surface area contributed by atoms with Crippen molar-refractivity contribution >= 4 is 21.9 Å². The summed E-state index contributed by atoms with van der Waals surface area (Å²) in [6, 6.07) is 0.531. The third-order valence-electron chi connectivity index (χ3n) is 2.31. The Labute approximate surface area is 90.0 Å². The van der Waals surface area contributed by atoms with Crippen molar-refractivity contribution < 1.29 is 9.90 Å². The van der Waals surface area contributed by atoms with Crippen molar-refractivity contribution in [2.75, 3.05) is 0 Å². The molecule has 0 spiro atoms. The van der Waals surface area contributed by atoms with Crippen LogP contribution in [0.2, 0.25) is 0 Å². The van der Waals surface area contributed by atoms with Crippen LogP contribution < -0.4 is 0 Å². The van der Waals surface area contributed by atoms with Gasteiger partial charge in [-0.2, -0.15) is 5.10 Å². The third kappa shape index (κ3) is 1.97. The highest BCUT2D eigenvalue weighted by Crippen LogP contribution is 2.37. The highest BCUT2D eigenvalue weighted by molar-refractivity contribution is 9.10. The Balaban J connectivity index is 2.06. The standard InChI is InChI=1S/C9H11BrN2O2/c10-9-6(1-4-8(13)14)5-11-12(9)7-2-3-7/h5,7H,1-4H2,(H,13,14). The van der Waals surface area contributed by atoms with E-state index in [1.807, 2.05) is 4.68 Å². The molecule has 1 aliphatic rings. The van der Waals surface area contributed by atoms with E-state index in [-0.39, 0.29) is 6.42 Å². The van der Waals surface area contributed by atoms with Gasteiger partial charge in [-0.15, -0.1) is 0 Å². The van der Waals surface area contributed by atoms with Gasteiger partial charge in [-0.1, -0.05) is 0 Å². The number of halogens is 1. The summed E-state index contributed by atoms with van der Waals surface area (Å²) in [4.78, 5) is 10.4. The largest absolute Gasteiger partial charge is 0.481 e. The topological polar surface area (TPSA) is 55.1 Å². The molecule has 14 heavy (non-hydrogen) atoms. The number of hydrogen-bond donors (Lipinski definition) is 1. The normalized spacial score (nSPS) is 15.8. The van der Waals surface area contributed by atoms with E-state index in [4.69, 9.17) is 5.11 Å². The molecule has 0 unspecified atom stereocenters. The lowest BCUT2D eigenvalue weighted by atomic mass is 10.2. The Bertz CT molecular complexity index is 358. The Morgan fingerprint density at radius 2 is 2.43 bits per heavy atom. The molecule has 0 aromatic carbocycles. The van der Waals surface area contributed by atoms with Crippen molar-refractivity contribution in [2.45, 2.75) is 31.7 Å². The quantitative estimate of drug-likeness (QED) is 0.899. The average molecular weight is 259 g/mol. The molecule has 1 aromatic rings. The molecule has 1 N–H and O–H groups in total. The molecule has 0 aliphatic heterocycles. The maximum absolute atomic E-state index is 10.4. The van der Waals surface area contributed by atoms with Gasteiger partial charge in [0.05, 0.1) is 12.2 Å². The Kier molecular flexibility index (Phi) is 2.58. The molecule has 0 saturated heterocycles. The van der Waals surface area contributed by atoms with E-state index in [2.05, 4.69) is 21.0 Å². The summed E-state index contributed by atoms with van der Waals surface area (Å²) in [5.74, 6) is -0.768. The van der Waals surface area contributed by atoms with Crippen molar-refractivity contribution in [1.29, 1.82) is 0 Å². The predicted octanol–water partition coefficient (Wildman–Crippen LogP) is 2.00. The van der Waals surface area contributed by atoms with Crippen molar-refractivity contribution in [2.24, 2.45) is 0 Å². The average Bonchev–Trinajstić information content (AvgIpc) is 2.89. The van der Waals surface area contributed by atoms with Crippen LogP contribution in [0.3, 0.4) is 0 Å². The van der Waals surface area contributed by atoms with Gasteiger partial charge in [0.1, 0.15) is 4.60 Å². The SMILES string of the molecule is O=C(O)CCc1cnn(C2CC2)c1Br. The van der Waals surface area contributed by atoms with Gasteiger partial charge in [-0.25, -0.2) is 0 Å². The summed E-state index contributed by atoms with van der Waals surface area (Å²) >= 11 is 3.45. The zero-order chi connectivity index (χ0) is 10.1. The van der Waals surface area contributed by atoms with Crippen LogP contribution in [-0.2, 0) is 11.2 Å². The van der Waals surface area contributed by atoms with Gasteiger partial charge >= 0.3 is 5.97 Å². The van der Waals surface area contributed by atoms with Gasteiger partial charge in [0, 0.05) is 12.0 Å². The first-order valence-corrected chi connectivity index (χ1v) is 5.41. The molecule has 76 valence electrons. The zero-order valence-electron chi connectivity index (χ0n) is 7.61. The minimum atomic E-state index is -0.768. The maximum atomic E-state index is 10.4. The predicted molar refractivity (Wildman–Crippen MR) is 54.2 cm³/mol. The van der Waals surface area contributed by atoms with E-state index >= 15 is 0 Å². The van der Waals surface area contributed by atoms with Crippen LogP contribution in [0.5, 0.6) is 0 Å². The minimum absolute atomic E-state index is 0.162. The van der Waals surface area contributed by atoms with Gasteiger partial charge in [-0.3, -0.25) is 9.48 Å². The van der Waals surface area contributed by atoms with Gasteiger partial charge in [-0.05, 0) is 35.2 Å². The molecule has 1 aliphatic carbocycles. The second-order valence-electron chi connectivity index (χ2n) is 3.53. The molecule has 5 heteroatoms. The third-order valence-corrected chi connectivity index (χ3v) is 3.18. The fourth-order valence-corrected chi connectivity index (χ4v) is 2.05. The molecule has 0 amide bonds. The molecule has 0 radical (unpaired) electrons. The summed E-state index contributed by atoms with van der Waals surface area (Å²) in [6.07, 6.45) is 4.82. The van der Waals surface area contributed by atoms with Crippen molar-refractivity contribution in [3.8, 4) is 0 Å².